The van der Waals surface area contributed by atoms with Gasteiger partial charge in [0.1, 0.15) is 5.82 Å². The highest BCUT2D eigenvalue weighted by Crippen LogP contribution is 2.19. The Hall–Kier alpha value is -2.21. The first-order chi connectivity index (χ1) is 9.47. The Morgan fingerprint density at radius 3 is 2.35 bits per heavy atom. The molecule has 4 nitrogen and oxygen atoms in total. The van der Waals surface area contributed by atoms with Crippen LogP contribution in [-0.2, 0) is 0 Å². The van der Waals surface area contributed by atoms with Crippen molar-refractivity contribution in [3.63, 3.8) is 0 Å². The number of amides is 1. The molecular weight excluding hydrogens is 329 g/mol. The number of hydrogen-bond donors (Lipinski definition) is 2. The number of nitrogens with one attached hydrogen (secondary N) is 1. The molecule has 2 aromatic carbocycles. The lowest BCUT2D eigenvalue weighted by atomic mass is 10.2. The van der Waals surface area contributed by atoms with E-state index >= 15 is 0 Å². The molecule has 0 unspecified atom stereocenters. The van der Waals surface area contributed by atoms with Crippen LogP contribution in [0.25, 0.3) is 0 Å². The minimum absolute atomic E-state index is 0.120. The van der Waals surface area contributed by atoms with Crippen molar-refractivity contribution in [2.45, 2.75) is 0 Å². The Bertz CT molecular complexity index is 671. The van der Waals surface area contributed by atoms with Crippen LogP contribution in [0.15, 0.2) is 46.9 Å². The molecule has 0 bridgehead atoms. The summed E-state index contributed by atoms with van der Waals surface area (Å²) in [6.45, 7) is 0. The largest absolute Gasteiger partial charge is 0.478 e. The van der Waals surface area contributed by atoms with E-state index in [4.69, 9.17) is 5.11 Å². The molecular formula is C14H9BrFNO3. The van der Waals surface area contributed by atoms with Crippen LogP contribution in [0.1, 0.15) is 20.7 Å². The molecule has 2 aromatic rings. The van der Waals surface area contributed by atoms with Crippen molar-refractivity contribution in [1.29, 1.82) is 0 Å². The SMILES string of the molecule is O=C(O)c1ccc(NC(=O)c2cc(F)ccc2Br)cc1. The van der Waals surface area contributed by atoms with E-state index in [0.29, 0.717) is 10.2 Å². The van der Waals surface area contributed by atoms with Gasteiger partial charge in [-0.15, -0.1) is 0 Å². The van der Waals surface area contributed by atoms with Crippen molar-refractivity contribution in [3.05, 3.63) is 63.9 Å². The quantitative estimate of drug-likeness (QED) is 0.900. The van der Waals surface area contributed by atoms with Gasteiger partial charge in [0.25, 0.3) is 5.91 Å². The molecule has 0 aliphatic heterocycles. The number of halogens is 2. The van der Waals surface area contributed by atoms with Crippen LogP contribution in [0, 0.1) is 5.82 Å². The van der Waals surface area contributed by atoms with E-state index in [9.17, 15) is 14.0 Å². The van der Waals surface area contributed by atoms with Gasteiger partial charge in [-0.3, -0.25) is 4.79 Å². The normalized spacial score (nSPS) is 10.1. The number of hydrogen-bond acceptors (Lipinski definition) is 2. The summed E-state index contributed by atoms with van der Waals surface area (Å²) >= 11 is 3.17. The number of carbonyl (C=O) groups is 2. The van der Waals surface area contributed by atoms with Crippen LogP contribution in [0.3, 0.4) is 0 Å². The molecule has 0 aliphatic rings. The molecule has 0 atom stereocenters. The van der Waals surface area contributed by atoms with Crippen LogP contribution in [0.2, 0.25) is 0 Å². The fourth-order valence-electron chi connectivity index (χ4n) is 1.57. The van der Waals surface area contributed by atoms with E-state index in [-0.39, 0.29) is 11.1 Å². The summed E-state index contributed by atoms with van der Waals surface area (Å²) in [6, 6.07) is 9.48. The zero-order chi connectivity index (χ0) is 14.7. The lowest BCUT2D eigenvalue weighted by Crippen LogP contribution is -2.13. The van der Waals surface area contributed by atoms with Gasteiger partial charge >= 0.3 is 5.97 Å². The van der Waals surface area contributed by atoms with Crippen molar-refractivity contribution in [2.75, 3.05) is 5.32 Å². The third-order valence-electron chi connectivity index (χ3n) is 2.56. The van der Waals surface area contributed by atoms with E-state index in [1.54, 1.807) is 0 Å². The van der Waals surface area contributed by atoms with Gasteiger partial charge in [-0.25, -0.2) is 9.18 Å². The smallest absolute Gasteiger partial charge is 0.335 e. The highest BCUT2D eigenvalue weighted by Gasteiger charge is 2.11. The van der Waals surface area contributed by atoms with Gasteiger partial charge in [0, 0.05) is 10.2 Å². The van der Waals surface area contributed by atoms with Gasteiger partial charge in [-0.2, -0.15) is 0 Å². The first-order valence-electron chi connectivity index (χ1n) is 5.57. The number of carbonyl (C=O) groups excluding carboxylic acids is 1. The van der Waals surface area contributed by atoms with Crippen LogP contribution in [0.5, 0.6) is 0 Å². The molecule has 0 spiro atoms. The van der Waals surface area contributed by atoms with Crippen molar-refractivity contribution >= 4 is 33.5 Å². The monoisotopic (exact) mass is 337 g/mol. The topological polar surface area (TPSA) is 66.4 Å². The minimum atomic E-state index is -1.05. The summed E-state index contributed by atoms with van der Waals surface area (Å²) in [5.74, 6) is -2.05. The molecule has 2 N–H and O–H groups in total. The summed E-state index contributed by atoms with van der Waals surface area (Å²) in [5, 5.41) is 11.3. The minimum Gasteiger partial charge on any atom is -0.478 e. The lowest BCUT2D eigenvalue weighted by Gasteiger charge is -2.07. The van der Waals surface area contributed by atoms with E-state index in [1.807, 2.05) is 0 Å². The first kappa shape index (κ1) is 14.2. The molecule has 0 saturated carbocycles. The number of benzene rings is 2. The Kier molecular flexibility index (Phi) is 4.14. The fraction of sp³-hybridized carbons (Fsp3) is 0. The second kappa shape index (κ2) is 5.83. The molecule has 0 radical (unpaired) electrons. The van der Waals surface area contributed by atoms with E-state index in [1.165, 1.54) is 36.4 Å². The number of carboxylic acids is 1. The average molecular weight is 338 g/mol. The number of carboxylic acid groups (broad SMARTS) is 1. The van der Waals surface area contributed by atoms with Crippen molar-refractivity contribution in [2.24, 2.45) is 0 Å². The Morgan fingerprint density at radius 2 is 1.75 bits per heavy atom. The summed E-state index contributed by atoms with van der Waals surface area (Å²) in [5.41, 5.74) is 0.707. The summed E-state index contributed by atoms with van der Waals surface area (Å²) in [4.78, 5) is 22.7. The zero-order valence-electron chi connectivity index (χ0n) is 10.1. The van der Waals surface area contributed by atoms with Gasteiger partial charge in [-0.05, 0) is 58.4 Å². The van der Waals surface area contributed by atoms with Crippen LogP contribution in [0.4, 0.5) is 10.1 Å². The zero-order valence-corrected chi connectivity index (χ0v) is 11.6. The molecule has 0 heterocycles. The van der Waals surface area contributed by atoms with Crippen LogP contribution < -0.4 is 5.32 Å². The van der Waals surface area contributed by atoms with Crippen LogP contribution in [-0.4, -0.2) is 17.0 Å². The molecule has 0 aliphatic carbocycles. The predicted octanol–water partition coefficient (Wildman–Crippen LogP) is 3.54. The molecule has 0 fully saturated rings. The Balaban J connectivity index is 2.19. The van der Waals surface area contributed by atoms with E-state index in [0.717, 1.165) is 6.07 Å². The summed E-state index contributed by atoms with van der Waals surface area (Å²) in [7, 11) is 0. The average Bonchev–Trinajstić information content (AvgIpc) is 2.42. The Morgan fingerprint density at radius 1 is 1.10 bits per heavy atom. The maximum Gasteiger partial charge on any atom is 0.335 e. The van der Waals surface area contributed by atoms with Gasteiger partial charge in [0.2, 0.25) is 0 Å². The number of aromatic carboxylic acids is 1. The van der Waals surface area contributed by atoms with Crippen molar-refractivity contribution < 1.29 is 19.1 Å². The first-order valence-corrected chi connectivity index (χ1v) is 6.36. The molecule has 6 heteroatoms. The second-order valence-corrected chi connectivity index (χ2v) is 4.82. The summed E-state index contributed by atoms with van der Waals surface area (Å²) < 4.78 is 13.6. The Labute approximate surface area is 122 Å². The third-order valence-corrected chi connectivity index (χ3v) is 3.25. The molecule has 0 saturated heterocycles. The highest BCUT2D eigenvalue weighted by molar-refractivity contribution is 9.10. The second-order valence-electron chi connectivity index (χ2n) is 3.96. The van der Waals surface area contributed by atoms with E-state index < -0.39 is 17.7 Å². The van der Waals surface area contributed by atoms with Crippen molar-refractivity contribution in [1.82, 2.24) is 0 Å². The molecule has 1 amide bonds. The lowest BCUT2D eigenvalue weighted by molar-refractivity contribution is 0.0696. The standard InChI is InChI=1S/C14H9BrFNO3/c15-12-6-3-9(16)7-11(12)13(18)17-10-4-1-8(2-5-10)14(19)20/h1-7H,(H,17,18)(H,19,20). The van der Waals surface area contributed by atoms with Crippen molar-refractivity contribution in [3.8, 4) is 0 Å². The van der Waals surface area contributed by atoms with Gasteiger partial charge in [0.15, 0.2) is 0 Å². The van der Waals surface area contributed by atoms with Gasteiger partial charge in [0.05, 0.1) is 11.1 Å². The third kappa shape index (κ3) is 3.21. The fourth-order valence-corrected chi connectivity index (χ4v) is 1.99. The maximum atomic E-state index is 13.1. The molecule has 102 valence electrons. The number of rotatable bonds is 3. The number of anilines is 1. The summed E-state index contributed by atoms with van der Waals surface area (Å²) in [6.07, 6.45) is 0. The van der Waals surface area contributed by atoms with E-state index in [2.05, 4.69) is 21.2 Å². The van der Waals surface area contributed by atoms with Crippen LogP contribution >= 0.6 is 15.9 Å². The van der Waals surface area contributed by atoms with Gasteiger partial charge < -0.3 is 10.4 Å². The molecule has 20 heavy (non-hydrogen) atoms. The molecule has 2 rings (SSSR count). The predicted molar refractivity (Wildman–Crippen MR) is 75.5 cm³/mol. The molecule has 0 aromatic heterocycles. The maximum absolute atomic E-state index is 13.1. The highest BCUT2D eigenvalue weighted by atomic mass is 79.9. The van der Waals surface area contributed by atoms with Gasteiger partial charge in [-0.1, -0.05) is 0 Å².